The van der Waals surface area contributed by atoms with Crippen LogP contribution in [0, 0.1) is 34.9 Å². The number of aromatic amines is 2. The largest absolute Gasteiger partial charge is 0.465 e. The number of para-hydroxylation sites is 1. The number of methoxy groups -OCH3 is 3. The standard InChI is InChI=1S/C56H63F6N11O8/c1-28(79-4)47(67-55(76)81-6)53(74)71-16-8-12-45(71)51-63-39-24-31(35(59)26-41(39)65-51)43-14-15-44(73(43)30-22-37(61)50(38(62)23-30)70-20-18-69(19-21-70)49-33(57)10-7-11-34(49)58)32-25-40-42(27-36(32)60)66-52(64-40)46-13-9-17-72(46)54(75)48(29(2)80-5)68(3)56(77)78/h7,10-11,22-29,43-48H,8-9,12-21H2,1-6H3,(H,63,65)(H,64,66)(H,67,76)(H,77,78)/t28-,29-,43-,44-,45+,46+,47+,48+/m1/s1. The van der Waals surface area contributed by atoms with Gasteiger partial charge in [0.2, 0.25) is 11.8 Å². The van der Waals surface area contributed by atoms with Gasteiger partial charge >= 0.3 is 12.2 Å². The predicted octanol–water partition coefficient (Wildman–Crippen LogP) is 8.78. The van der Waals surface area contributed by atoms with Crippen LogP contribution in [-0.4, -0.2) is 156 Å². The first kappa shape index (κ1) is 56.5. The van der Waals surface area contributed by atoms with E-state index < -0.39 is 107 Å². The molecule has 4 N–H and O–H groups in total. The summed E-state index contributed by atoms with van der Waals surface area (Å²) < 4.78 is 113. The average Bonchev–Trinajstić information content (AvgIpc) is 4.49. The number of alkyl carbamates (subject to hydrolysis) is 1. The number of halogens is 6. The second kappa shape index (κ2) is 23.0. The summed E-state index contributed by atoms with van der Waals surface area (Å²) in [5.74, 6) is -5.17. The Morgan fingerprint density at radius 2 is 1.10 bits per heavy atom. The number of rotatable bonds is 15. The highest BCUT2D eigenvalue weighted by Gasteiger charge is 2.44. The van der Waals surface area contributed by atoms with E-state index in [1.165, 1.54) is 61.3 Å². The van der Waals surface area contributed by atoms with E-state index in [1.54, 1.807) is 35.8 Å². The number of piperazine rings is 1. The van der Waals surface area contributed by atoms with Crippen molar-refractivity contribution in [2.45, 2.75) is 101 Å². The fourth-order valence-corrected chi connectivity index (χ4v) is 12.3. The lowest BCUT2D eigenvalue weighted by Crippen LogP contribution is -2.54. The lowest BCUT2D eigenvalue weighted by atomic mass is 10.0. The number of carboxylic acid groups (broad SMARTS) is 1. The molecule has 0 radical (unpaired) electrons. The first-order valence-corrected chi connectivity index (χ1v) is 26.9. The molecule has 4 aliphatic rings. The van der Waals surface area contributed by atoms with Crippen molar-refractivity contribution in [2.24, 2.45) is 0 Å². The number of nitrogens with one attached hydrogen (secondary N) is 3. The molecule has 19 nitrogen and oxygen atoms in total. The van der Waals surface area contributed by atoms with Crippen LogP contribution < -0.4 is 20.0 Å². The molecule has 2 aromatic heterocycles. The number of H-pyrrole nitrogens is 2. The normalized spacial score (nSPS) is 21.0. The molecule has 4 aromatic carbocycles. The molecule has 8 atom stereocenters. The molecule has 4 aliphatic heterocycles. The number of carbonyl (C=O) groups excluding carboxylic acids is 3. The molecular weight excluding hydrogens is 1070 g/mol. The van der Waals surface area contributed by atoms with E-state index in [9.17, 15) is 33.1 Å². The van der Waals surface area contributed by atoms with Gasteiger partial charge in [-0.1, -0.05) is 6.07 Å². The van der Waals surface area contributed by atoms with E-state index in [1.807, 2.05) is 0 Å². The monoisotopic (exact) mass is 1130 g/mol. The number of hydrogen-bond donors (Lipinski definition) is 4. The number of likely N-dealkylation sites (tertiary alicyclic amines) is 2. The predicted molar refractivity (Wildman–Crippen MR) is 286 cm³/mol. The van der Waals surface area contributed by atoms with Crippen molar-refractivity contribution in [3.05, 3.63) is 112 Å². The smallest absolute Gasteiger partial charge is 0.407 e. The van der Waals surface area contributed by atoms with Crippen LogP contribution in [0.1, 0.15) is 99.3 Å². The number of fused-ring (bicyclic) bond motifs is 2. The third-order valence-corrected chi connectivity index (χ3v) is 16.5. The summed E-state index contributed by atoms with van der Waals surface area (Å²) >= 11 is 0. The van der Waals surface area contributed by atoms with Crippen molar-refractivity contribution in [1.82, 2.24) is 40.0 Å². The van der Waals surface area contributed by atoms with Crippen molar-refractivity contribution >= 4 is 63.1 Å². The van der Waals surface area contributed by atoms with Gasteiger partial charge in [0, 0.05) is 89.5 Å². The van der Waals surface area contributed by atoms with Gasteiger partial charge in [0.05, 0.1) is 65.6 Å². The van der Waals surface area contributed by atoms with Crippen LogP contribution in [0.5, 0.6) is 0 Å². The summed E-state index contributed by atoms with van der Waals surface area (Å²) in [5, 5.41) is 12.4. The van der Waals surface area contributed by atoms with Gasteiger partial charge in [-0.15, -0.1) is 0 Å². The first-order valence-electron chi connectivity index (χ1n) is 26.9. The first-order chi connectivity index (χ1) is 38.8. The molecule has 6 aromatic rings. The molecule has 81 heavy (non-hydrogen) atoms. The zero-order valence-corrected chi connectivity index (χ0v) is 45.5. The highest BCUT2D eigenvalue weighted by Crippen LogP contribution is 2.50. The molecule has 4 saturated heterocycles. The van der Waals surface area contributed by atoms with Crippen molar-refractivity contribution in [3.8, 4) is 0 Å². The van der Waals surface area contributed by atoms with E-state index in [2.05, 4.69) is 15.3 Å². The summed E-state index contributed by atoms with van der Waals surface area (Å²) in [7, 11) is 5.26. The number of aromatic nitrogens is 4. The average molecular weight is 1130 g/mol. The highest BCUT2D eigenvalue weighted by molar-refractivity contribution is 5.88. The number of ether oxygens (including phenoxy) is 3. The Morgan fingerprint density at radius 1 is 0.630 bits per heavy atom. The number of benzene rings is 4. The van der Waals surface area contributed by atoms with Crippen molar-refractivity contribution in [2.75, 3.05) is 82.3 Å². The molecule has 4 amide bonds. The maximum Gasteiger partial charge on any atom is 0.407 e. The van der Waals surface area contributed by atoms with Crippen molar-refractivity contribution < 1.29 is 64.8 Å². The maximum atomic E-state index is 17.0. The minimum Gasteiger partial charge on any atom is -0.465 e. The molecule has 0 spiro atoms. The number of amides is 4. The van der Waals surface area contributed by atoms with Gasteiger partial charge in [0.1, 0.15) is 58.4 Å². The van der Waals surface area contributed by atoms with E-state index in [0.29, 0.717) is 61.5 Å². The van der Waals surface area contributed by atoms with E-state index in [0.717, 1.165) is 29.2 Å². The number of anilines is 3. The van der Waals surface area contributed by atoms with Crippen molar-refractivity contribution in [1.29, 1.82) is 0 Å². The second-order valence-corrected chi connectivity index (χ2v) is 21.1. The second-order valence-electron chi connectivity index (χ2n) is 21.1. The topological polar surface area (TPSA) is 205 Å². The molecule has 0 aliphatic carbocycles. The summed E-state index contributed by atoms with van der Waals surface area (Å²) in [4.78, 5) is 77.0. The minimum absolute atomic E-state index is 0.00769. The molecular formula is C56H63F6N11O8. The Bertz CT molecular complexity index is 3330. The lowest BCUT2D eigenvalue weighted by molar-refractivity contribution is -0.141. The summed E-state index contributed by atoms with van der Waals surface area (Å²) in [6.07, 6.45) is -1.23. The number of nitrogens with zero attached hydrogens (tertiary/aromatic N) is 8. The van der Waals surface area contributed by atoms with Gasteiger partial charge in [-0.05, 0) is 88.8 Å². The van der Waals surface area contributed by atoms with Gasteiger partial charge in [0.15, 0.2) is 11.6 Å². The van der Waals surface area contributed by atoms with Crippen LogP contribution in [0.3, 0.4) is 0 Å². The SMILES string of the molecule is COC(=O)N[C@H](C(=O)N1CCC[C@H]1c1nc2cc(F)c([C@H]3CC[C@H](c4cc5[nH]c([C@@H]6CCCN6C(=O)[C@H]([C@@H](C)OC)N(C)C(=O)O)nc5cc4F)N3c3cc(F)c(N4CCN(c5c(F)cccc5F)CC4)c(F)c3)cc2[nH]1)[C@@H](C)OC. The van der Waals surface area contributed by atoms with E-state index >= 15 is 17.6 Å². The fourth-order valence-electron chi connectivity index (χ4n) is 12.3. The number of likely N-dealkylation sites (N-methyl/N-ethyl adjacent to an activating group) is 1. The summed E-state index contributed by atoms with van der Waals surface area (Å²) in [6, 6.07) is 5.87. The van der Waals surface area contributed by atoms with Crippen LogP contribution in [0.2, 0.25) is 0 Å². The molecule has 0 bridgehead atoms. The van der Waals surface area contributed by atoms with Crippen LogP contribution in [-0.2, 0) is 23.8 Å². The van der Waals surface area contributed by atoms with E-state index in [-0.39, 0.29) is 78.2 Å². The molecule has 0 unspecified atom stereocenters. The Hall–Kier alpha value is -7.80. The Labute approximate surface area is 462 Å². The summed E-state index contributed by atoms with van der Waals surface area (Å²) in [6.45, 7) is 3.95. The van der Waals surface area contributed by atoms with Crippen LogP contribution >= 0.6 is 0 Å². The van der Waals surface area contributed by atoms with Crippen LogP contribution in [0.4, 0.5) is 53.0 Å². The fraction of sp³-hybridized carbons (Fsp3) is 0.464. The van der Waals surface area contributed by atoms with Crippen LogP contribution in [0.25, 0.3) is 22.1 Å². The maximum absolute atomic E-state index is 17.0. The van der Waals surface area contributed by atoms with Gasteiger partial charge in [-0.25, -0.2) is 45.9 Å². The molecule has 6 heterocycles. The molecule has 0 saturated carbocycles. The Morgan fingerprint density at radius 3 is 1.56 bits per heavy atom. The molecule has 4 fully saturated rings. The minimum atomic E-state index is -1.32. The zero-order valence-electron chi connectivity index (χ0n) is 45.5. The van der Waals surface area contributed by atoms with Gasteiger partial charge in [0.25, 0.3) is 0 Å². The van der Waals surface area contributed by atoms with Gasteiger partial charge in [-0.3, -0.25) is 14.5 Å². The van der Waals surface area contributed by atoms with E-state index in [4.69, 9.17) is 24.2 Å². The van der Waals surface area contributed by atoms with Crippen molar-refractivity contribution in [3.63, 3.8) is 0 Å². The van der Waals surface area contributed by atoms with Gasteiger partial charge < -0.3 is 59.1 Å². The number of imidazole rings is 2. The molecule has 10 rings (SSSR count). The van der Waals surface area contributed by atoms with Crippen LogP contribution in [0.15, 0.2) is 54.6 Å². The number of carbonyl (C=O) groups is 4. The third-order valence-electron chi connectivity index (χ3n) is 16.5. The lowest BCUT2D eigenvalue weighted by Gasteiger charge is -2.38. The van der Waals surface area contributed by atoms with Gasteiger partial charge in [-0.2, -0.15) is 0 Å². The third kappa shape index (κ3) is 10.6. The quantitative estimate of drug-likeness (QED) is 0.0711. The summed E-state index contributed by atoms with van der Waals surface area (Å²) in [5.41, 5.74) is 0.749. The highest BCUT2D eigenvalue weighted by atomic mass is 19.2. The number of hydrogen-bond acceptors (Lipinski definition) is 12. The Kier molecular flexibility index (Phi) is 16.0. The zero-order chi connectivity index (χ0) is 57.7. The molecule has 432 valence electrons. The Balaban J connectivity index is 1.00. The molecule has 25 heteroatoms.